The Kier molecular flexibility index (Phi) is 4.80. The van der Waals surface area contributed by atoms with Gasteiger partial charge in [0.1, 0.15) is 5.65 Å². The molecule has 1 fully saturated rings. The van der Waals surface area contributed by atoms with Gasteiger partial charge in [0.05, 0.1) is 11.2 Å². The minimum atomic E-state index is -0.0451. The first-order chi connectivity index (χ1) is 15.4. The summed E-state index contributed by atoms with van der Waals surface area (Å²) >= 11 is 0. The average Bonchev–Trinajstić information content (AvgIpc) is 3.07. The predicted octanol–water partition coefficient (Wildman–Crippen LogP) is 4.89. The van der Waals surface area contributed by atoms with Crippen LogP contribution in [0.15, 0.2) is 41.5 Å². The van der Waals surface area contributed by atoms with Crippen molar-refractivity contribution in [2.75, 3.05) is 0 Å². The molecule has 0 saturated carbocycles. The molecule has 0 unspecified atom stereocenters. The number of hydrogen-bond acceptors (Lipinski definition) is 4. The number of nitrogens with zero attached hydrogens (tertiary/aromatic N) is 4. The second-order valence-corrected chi connectivity index (χ2v) is 11.2. The fourth-order valence-corrected chi connectivity index (χ4v) is 5.90. The van der Waals surface area contributed by atoms with E-state index in [1.807, 2.05) is 31.0 Å². The van der Waals surface area contributed by atoms with Crippen LogP contribution in [0.25, 0.3) is 27.8 Å². The van der Waals surface area contributed by atoms with E-state index in [1.54, 1.807) is 10.5 Å². The standard InChI is InChI=1S/C27H33N5O/c1-16-8-18(10-20-14-31(7)29-24(16)20)22-11-23(33)32-15-19(9-17(2)25(32)28-22)21-12-26(3,4)30-27(5,6)13-21/h8-11,14-15,21,30H,12-13H2,1-7H3. The maximum Gasteiger partial charge on any atom is 0.258 e. The van der Waals surface area contributed by atoms with Crippen molar-refractivity contribution in [3.8, 4) is 11.3 Å². The average molecular weight is 444 g/mol. The lowest BCUT2D eigenvalue weighted by molar-refractivity contribution is 0.161. The zero-order chi connectivity index (χ0) is 23.7. The van der Waals surface area contributed by atoms with Crippen molar-refractivity contribution in [2.45, 2.75) is 71.4 Å². The van der Waals surface area contributed by atoms with E-state index in [0.29, 0.717) is 11.6 Å². The van der Waals surface area contributed by atoms with Crippen molar-refractivity contribution < 1.29 is 0 Å². The molecule has 6 heteroatoms. The van der Waals surface area contributed by atoms with E-state index in [9.17, 15) is 4.79 Å². The van der Waals surface area contributed by atoms with Crippen LogP contribution in [0.3, 0.4) is 0 Å². The molecule has 1 N–H and O–H groups in total. The van der Waals surface area contributed by atoms with E-state index in [-0.39, 0.29) is 16.6 Å². The monoisotopic (exact) mass is 443 g/mol. The van der Waals surface area contributed by atoms with Crippen LogP contribution in [0.2, 0.25) is 0 Å². The molecule has 1 aromatic carbocycles. The fraction of sp³-hybridized carbons (Fsp3) is 0.444. The van der Waals surface area contributed by atoms with Crippen LogP contribution in [0.1, 0.15) is 63.1 Å². The van der Waals surface area contributed by atoms with Gasteiger partial charge in [0.2, 0.25) is 0 Å². The van der Waals surface area contributed by atoms with Gasteiger partial charge in [-0.25, -0.2) is 4.98 Å². The summed E-state index contributed by atoms with van der Waals surface area (Å²) in [7, 11) is 1.92. The van der Waals surface area contributed by atoms with E-state index in [0.717, 1.165) is 46.1 Å². The highest BCUT2D eigenvalue weighted by Gasteiger charge is 2.38. The van der Waals surface area contributed by atoms with Crippen LogP contribution in [0, 0.1) is 13.8 Å². The summed E-state index contributed by atoms with van der Waals surface area (Å²) in [5.74, 6) is 0.390. The van der Waals surface area contributed by atoms with Gasteiger partial charge in [0.25, 0.3) is 5.56 Å². The summed E-state index contributed by atoms with van der Waals surface area (Å²) in [5, 5.41) is 9.34. The summed E-state index contributed by atoms with van der Waals surface area (Å²) in [6.45, 7) is 13.1. The van der Waals surface area contributed by atoms with Crippen LogP contribution in [-0.2, 0) is 7.05 Å². The molecule has 0 radical (unpaired) electrons. The molecule has 1 saturated heterocycles. The number of aryl methyl sites for hydroxylation is 3. The third-order valence-electron chi connectivity index (χ3n) is 6.84. The van der Waals surface area contributed by atoms with Crippen molar-refractivity contribution in [3.63, 3.8) is 0 Å². The molecule has 0 aliphatic carbocycles. The number of rotatable bonds is 2. The highest BCUT2D eigenvalue weighted by atomic mass is 16.1. The first-order valence-corrected chi connectivity index (χ1v) is 11.7. The largest absolute Gasteiger partial charge is 0.307 e. The molecule has 1 aliphatic heterocycles. The van der Waals surface area contributed by atoms with Crippen molar-refractivity contribution in [2.24, 2.45) is 7.05 Å². The molecular weight excluding hydrogens is 410 g/mol. The van der Waals surface area contributed by atoms with E-state index in [4.69, 9.17) is 4.98 Å². The minimum Gasteiger partial charge on any atom is -0.307 e. The third kappa shape index (κ3) is 3.97. The SMILES string of the molecule is Cc1cc(-c2cc(=O)n3cc(C4CC(C)(C)NC(C)(C)C4)cc(C)c3n2)cc2cn(C)nc12. The van der Waals surface area contributed by atoms with Gasteiger partial charge in [-0.3, -0.25) is 13.9 Å². The maximum atomic E-state index is 13.3. The zero-order valence-corrected chi connectivity index (χ0v) is 20.7. The number of piperidine rings is 1. The minimum absolute atomic E-state index is 0.0451. The van der Waals surface area contributed by atoms with Crippen molar-refractivity contribution in [3.05, 3.63) is 63.7 Å². The Morgan fingerprint density at radius 3 is 2.36 bits per heavy atom. The van der Waals surface area contributed by atoms with Crippen LogP contribution < -0.4 is 10.9 Å². The molecule has 33 heavy (non-hydrogen) atoms. The molecular formula is C27H33N5O. The van der Waals surface area contributed by atoms with Gasteiger partial charge in [-0.1, -0.05) is 6.07 Å². The molecule has 172 valence electrons. The molecule has 0 spiro atoms. The molecule has 0 amide bonds. The van der Waals surface area contributed by atoms with Gasteiger partial charge in [-0.15, -0.1) is 0 Å². The fourth-order valence-electron chi connectivity index (χ4n) is 5.90. The summed E-state index contributed by atoms with van der Waals surface area (Å²) < 4.78 is 3.55. The Bertz CT molecular complexity index is 1440. The van der Waals surface area contributed by atoms with E-state index >= 15 is 0 Å². The zero-order valence-electron chi connectivity index (χ0n) is 20.7. The maximum absolute atomic E-state index is 13.3. The number of fused-ring (bicyclic) bond motifs is 2. The highest BCUT2D eigenvalue weighted by molar-refractivity contribution is 5.86. The molecule has 3 aromatic heterocycles. The number of pyridine rings is 1. The van der Waals surface area contributed by atoms with Crippen molar-refractivity contribution >= 4 is 16.6 Å². The van der Waals surface area contributed by atoms with E-state index in [1.165, 1.54) is 5.56 Å². The lowest BCUT2D eigenvalue weighted by Crippen LogP contribution is -2.57. The van der Waals surface area contributed by atoms with Crippen LogP contribution in [0.4, 0.5) is 0 Å². The summed E-state index contributed by atoms with van der Waals surface area (Å²) in [6.07, 6.45) is 6.08. The van der Waals surface area contributed by atoms with Crippen LogP contribution in [-0.4, -0.2) is 30.2 Å². The molecule has 5 rings (SSSR count). The summed E-state index contributed by atoms with van der Waals surface area (Å²) in [6, 6.07) is 8.01. The molecule has 4 aromatic rings. The number of benzene rings is 1. The van der Waals surface area contributed by atoms with Crippen LogP contribution in [0.5, 0.6) is 0 Å². The van der Waals surface area contributed by atoms with E-state index in [2.05, 4.69) is 63.2 Å². The molecule has 4 heterocycles. The Hall–Kier alpha value is -2.99. The highest BCUT2D eigenvalue weighted by Crippen LogP contribution is 2.39. The Morgan fingerprint density at radius 2 is 1.67 bits per heavy atom. The number of nitrogens with one attached hydrogen (secondary N) is 1. The molecule has 0 bridgehead atoms. The van der Waals surface area contributed by atoms with Gasteiger partial charge in [0, 0.05) is 47.5 Å². The summed E-state index contributed by atoms with van der Waals surface area (Å²) in [5.41, 5.74) is 6.71. The van der Waals surface area contributed by atoms with Gasteiger partial charge < -0.3 is 5.32 Å². The summed E-state index contributed by atoms with van der Waals surface area (Å²) in [4.78, 5) is 18.2. The Morgan fingerprint density at radius 1 is 0.970 bits per heavy atom. The molecule has 1 aliphatic rings. The predicted molar refractivity (Wildman–Crippen MR) is 134 cm³/mol. The lowest BCUT2D eigenvalue weighted by Gasteiger charge is -2.46. The topological polar surface area (TPSA) is 64.2 Å². The lowest BCUT2D eigenvalue weighted by atomic mass is 9.73. The second-order valence-electron chi connectivity index (χ2n) is 11.2. The van der Waals surface area contributed by atoms with Gasteiger partial charge in [0.15, 0.2) is 0 Å². The number of hydrogen-bond donors (Lipinski definition) is 1. The van der Waals surface area contributed by atoms with E-state index < -0.39 is 0 Å². The first-order valence-electron chi connectivity index (χ1n) is 11.7. The van der Waals surface area contributed by atoms with Gasteiger partial charge >= 0.3 is 0 Å². The first kappa shape index (κ1) is 21.8. The van der Waals surface area contributed by atoms with Gasteiger partial charge in [-0.2, -0.15) is 5.10 Å². The Balaban J connectivity index is 1.61. The van der Waals surface area contributed by atoms with Gasteiger partial charge in [-0.05, 0) is 89.1 Å². The second kappa shape index (κ2) is 7.26. The van der Waals surface area contributed by atoms with Crippen molar-refractivity contribution in [1.29, 1.82) is 0 Å². The normalized spacial score (nSPS) is 18.3. The molecule has 0 atom stereocenters. The number of aromatic nitrogens is 4. The molecule has 6 nitrogen and oxygen atoms in total. The third-order valence-corrected chi connectivity index (χ3v) is 6.84. The smallest absolute Gasteiger partial charge is 0.258 e. The van der Waals surface area contributed by atoms with Crippen LogP contribution >= 0.6 is 0 Å². The van der Waals surface area contributed by atoms with Crippen molar-refractivity contribution in [1.82, 2.24) is 24.5 Å². The quantitative estimate of drug-likeness (QED) is 0.479. The Labute approximate surface area is 194 Å².